The zero-order valence-electron chi connectivity index (χ0n) is 11.3. The minimum atomic E-state index is -0.363. The highest BCUT2D eigenvalue weighted by Gasteiger charge is 2.11. The summed E-state index contributed by atoms with van der Waals surface area (Å²) in [5.74, 6) is 0. The van der Waals surface area contributed by atoms with E-state index in [2.05, 4.69) is 5.32 Å². The maximum atomic E-state index is 11.6. The molecule has 0 heterocycles. The van der Waals surface area contributed by atoms with Gasteiger partial charge in [0.25, 0.3) is 0 Å². The molecule has 4 heteroatoms. The standard InChI is InChI=1S/C13H22N2O2/c1-10(2)6-7-14-13(17)15(9-16)8-12(5)11(3)4/h6,9H,7-8H2,1-5H3,(H,14,17). The zero-order chi connectivity index (χ0) is 13.4. The van der Waals surface area contributed by atoms with E-state index in [0.29, 0.717) is 19.5 Å². The molecular formula is C13H22N2O2. The van der Waals surface area contributed by atoms with Crippen LogP contribution in [0.4, 0.5) is 4.79 Å². The highest BCUT2D eigenvalue weighted by molar-refractivity contribution is 5.85. The fourth-order valence-electron chi connectivity index (χ4n) is 1.01. The maximum Gasteiger partial charge on any atom is 0.324 e. The van der Waals surface area contributed by atoms with Gasteiger partial charge in [-0.1, -0.05) is 22.8 Å². The van der Waals surface area contributed by atoms with Crippen molar-refractivity contribution in [3.63, 3.8) is 0 Å². The van der Waals surface area contributed by atoms with Gasteiger partial charge in [-0.05, 0) is 34.6 Å². The molecule has 0 radical (unpaired) electrons. The van der Waals surface area contributed by atoms with Gasteiger partial charge in [0.15, 0.2) is 0 Å². The second-order valence-corrected chi connectivity index (χ2v) is 4.48. The predicted molar refractivity (Wildman–Crippen MR) is 69.6 cm³/mol. The first-order valence-corrected chi connectivity index (χ1v) is 5.64. The van der Waals surface area contributed by atoms with Crippen LogP contribution in [0.1, 0.15) is 34.6 Å². The highest BCUT2D eigenvalue weighted by atomic mass is 16.2. The molecule has 96 valence electrons. The topological polar surface area (TPSA) is 49.4 Å². The number of hydrogen-bond donors (Lipinski definition) is 1. The van der Waals surface area contributed by atoms with Gasteiger partial charge in [0.1, 0.15) is 0 Å². The fourth-order valence-corrected chi connectivity index (χ4v) is 1.01. The van der Waals surface area contributed by atoms with E-state index in [1.807, 2.05) is 40.7 Å². The molecule has 0 saturated heterocycles. The molecule has 0 aromatic heterocycles. The van der Waals surface area contributed by atoms with Crippen molar-refractivity contribution in [2.24, 2.45) is 0 Å². The third-order valence-corrected chi connectivity index (χ3v) is 2.41. The number of hydrogen-bond acceptors (Lipinski definition) is 2. The van der Waals surface area contributed by atoms with Gasteiger partial charge < -0.3 is 5.32 Å². The van der Waals surface area contributed by atoms with Gasteiger partial charge in [-0.15, -0.1) is 0 Å². The summed E-state index contributed by atoms with van der Waals surface area (Å²) in [6, 6.07) is -0.363. The molecule has 17 heavy (non-hydrogen) atoms. The molecule has 0 aromatic rings. The molecule has 0 aliphatic rings. The van der Waals surface area contributed by atoms with Crippen molar-refractivity contribution in [2.45, 2.75) is 34.6 Å². The van der Waals surface area contributed by atoms with Gasteiger partial charge in [-0.25, -0.2) is 4.79 Å². The Morgan fingerprint density at radius 1 is 1.18 bits per heavy atom. The lowest BCUT2D eigenvalue weighted by Gasteiger charge is -2.17. The lowest BCUT2D eigenvalue weighted by Crippen LogP contribution is -2.40. The summed E-state index contributed by atoms with van der Waals surface area (Å²) < 4.78 is 0. The Balaban J connectivity index is 4.37. The average Bonchev–Trinajstić information content (AvgIpc) is 2.24. The van der Waals surface area contributed by atoms with E-state index in [-0.39, 0.29) is 6.03 Å². The Morgan fingerprint density at radius 2 is 1.76 bits per heavy atom. The molecular weight excluding hydrogens is 216 g/mol. The summed E-state index contributed by atoms with van der Waals surface area (Å²) >= 11 is 0. The minimum absolute atomic E-state index is 0.340. The summed E-state index contributed by atoms with van der Waals surface area (Å²) in [6.45, 7) is 10.5. The van der Waals surface area contributed by atoms with Gasteiger partial charge in [0.05, 0.1) is 6.54 Å². The third kappa shape index (κ3) is 6.56. The van der Waals surface area contributed by atoms with E-state index in [4.69, 9.17) is 0 Å². The van der Waals surface area contributed by atoms with Gasteiger partial charge >= 0.3 is 6.03 Å². The molecule has 0 aromatic carbocycles. The van der Waals surface area contributed by atoms with Crippen LogP contribution in [-0.2, 0) is 4.79 Å². The first-order chi connectivity index (χ1) is 7.88. The average molecular weight is 238 g/mol. The first kappa shape index (κ1) is 15.4. The molecule has 0 spiro atoms. The summed E-state index contributed by atoms with van der Waals surface area (Å²) in [4.78, 5) is 23.6. The van der Waals surface area contributed by atoms with Crippen molar-refractivity contribution < 1.29 is 9.59 Å². The van der Waals surface area contributed by atoms with E-state index in [1.54, 1.807) is 0 Å². The Labute approximate surface area is 103 Å². The summed E-state index contributed by atoms with van der Waals surface area (Å²) in [7, 11) is 0. The Hall–Kier alpha value is -1.58. The van der Waals surface area contributed by atoms with Crippen LogP contribution in [0.5, 0.6) is 0 Å². The van der Waals surface area contributed by atoms with E-state index in [0.717, 1.165) is 21.6 Å². The molecule has 0 aliphatic carbocycles. The zero-order valence-corrected chi connectivity index (χ0v) is 11.3. The first-order valence-electron chi connectivity index (χ1n) is 5.64. The van der Waals surface area contributed by atoms with Gasteiger partial charge in [-0.2, -0.15) is 0 Å². The summed E-state index contributed by atoms with van der Waals surface area (Å²) in [5.41, 5.74) is 3.27. The number of nitrogens with zero attached hydrogens (tertiary/aromatic N) is 1. The highest BCUT2D eigenvalue weighted by Crippen LogP contribution is 2.03. The SMILES string of the molecule is CC(C)=CCNC(=O)N(C=O)CC(C)=C(C)C. The molecule has 0 bridgehead atoms. The number of carbonyl (C=O) groups excluding carboxylic acids is 2. The quantitative estimate of drug-likeness (QED) is 0.591. The molecule has 0 saturated carbocycles. The molecule has 3 amide bonds. The summed E-state index contributed by atoms with van der Waals surface area (Å²) in [6.07, 6.45) is 2.46. The fraction of sp³-hybridized carbons (Fsp3) is 0.538. The largest absolute Gasteiger partial charge is 0.334 e. The van der Waals surface area contributed by atoms with E-state index in [9.17, 15) is 9.59 Å². The van der Waals surface area contributed by atoms with Gasteiger partial charge in [0.2, 0.25) is 6.41 Å². The number of amides is 3. The third-order valence-electron chi connectivity index (χ3n) is 2.41. The number of rotatable bonds is 5. The molecule has 0 atom stereocenters. The van der Waals surface area contributed by atoms with Crippen molar-refractivity contribution >= 4 is 12.4 Å². The van der Waals surface area contributed by atoms with E-state index in [1.165, 1.54) is 0 Å². The van der Waals surface area contributed by atoms with Crippen LogP contribution < -0.4 is 5.32 Å². The van der Waals surface area contributed by atoms with Crippen molar-refractivity contribution in [3.8, 4) is 0 Å². The van der Waals surface area contributed by atoms with Gasteiger partial charge in [0, 0.05) is 6.54 Å². The van der Waals surface area contributed by atoms with Crippen LogP contribution in [0, 0.1) is 0 Å². The summed E-state index contributed by atoms with van der Waals surface area (Å²) in [5, 5.41) is 2.67. The lowest BCUT2D eigenvalue weighted by atomic mass is 10.2. The molecule has 0 unspecified atom stereocenters. The van der Waals surface area contributed by atoms with Crippen molar-refractivity contribution in [2.75, 3.05) is 13.1 Å². The molecule has 4 nitrogen and oxygen atoms in total. The van der Waals surface area contributed by atoms with Crippen molar-refractivity contribution in [1.29, 1.82) is 0 Å². The van der Waals surface area contributed by atoms with Crippen LogP contribution in [0.15, 0.2) is 22.8 Å². The Kier molecular flexibility index (Phi) is 6.94. The normalized spacial score (nSPS) is 9.24. The molecule has 0 fully saturated rings. The van der Waals surface area contributed by atoms with Crippen LogP contribution in [0.3, 0.4) is 0 Å². The number of nitrogens with one attached hydrogen (secondary N) is 1. The monoisotopic (exact) mass is 238 g/mol. The van der Waals surface area contributed by atoms with Crippen LogP contribution in [0.25, 0.3) is 0 Å². The van der Waals surface area contributed by atoms with E-state index < -0.39 is 0 Å². The number of carbonyl (C=O) groups is 2. The number of allylic oxidation sites excluding steroid dienone is 2. The van der Waals surface area contributed by atoms with Crippen LogP contribution in [-0.4, -0.2) is 30.4 Å². The maximum absolute atomic E-state index is 11.6. The second-order valence-electron chi connectivity index (χ2n) is 4.48. The molecule has 1 N–H and O–H groups in total. The lowest BCUT2D eigenvalue weighted by molar-refractivity contribution is -0.115. The van der Waals surface area contributed by atoms with E-state index >= 15 is 0 Å². The van der Waals surface area contributed by atoms with Crippen molar-refractivity contribution in [3.05, 3.63) is 22.8 Å². The Morgan fingerprint density at radius 3 is 2.18 bits per heavy atom. The molecule has 0 aliphatic heterocycles. The Bertz CT molecular complexity index is 335. The van der Waals surface area contributed by atoms with Crippen molar-refractivity contribution in [1.82, 2.24) is 10.2 Å². The van der Waals surface area contributed by atoms with Crippen LogP contribution >= 0.6 is 0 Å². The number of urea groups is 1. The molecule has 0 rings (SSSR count). The predicted octanol–water partition coefficient (Wildman–Crippen LogP) is 2.48. The minimum Gasteiger partial charge on any atom is -0.334 e. The number of imide groups is 1. The van der Waals surface area contributed by atoms with Crippen LogP contribution in [0.2, 0.25) is 0 Å². The smallest absolute Gasteiger partial charge is 0.324 e. The second kappa shape index (κ2) is 7.65. The van der Waals surface area contributed by atoms with Gasteiger partial charge in [-0.3, -0.25) is 9.69 Å².